The van der Waals surface area contributed by atoms with E-state index in [4.69, 9.17) is 0 Å². The fraction of sp³-hybridized carbons (Fsp3) is 0.105. The third-order valence-electron chi connectivity index (χ3n) is 4.52. The van der Waals surface area contributed by atoms with Crippen LogP contribution in [0.2, 0.25) is 0 Å². The second-order valence-corrected chi connectivity index (χ2v) is 8.99. The summed E-state index contributed by atoms with van der Waals surface area (Å²) < 4.78 is 63.4. The molecule has 0 aliphatic carbocycles. The number of nitrogens with zero attached hydrogens (tertiary/aromatic N) is 2. The molecule has 4 rings (SSSR count). The summed E-state index contributed by atoms with van der Waals surface area (Å²) in [5.41, 5.74) is 3.72. The van der Waals surface area contributed by atoms with Crippen LogP contribution >= 0.6 is 7.81 Å². The van der Waals surface area contributed by atoms with E-state index in [-0.39, 0.29) is 0 Å². The molecule has 166 valence electrons. The van der Waals surface area contributed by atoms with E-state index < -0.39 is 14.9 Å². The third kappa shape index (κ3) is 6.68. The van der Waals surface area contributed by atoms with Crippen LogP contribution in [0.4, 0.5) is 25.2 Å². The summed E-state index contributed by atoms with van der Waals surface area (Å²) in [6.45, 7) is 0.587. The number of imidazole rings is 1. The predicted molar refractivity (Wildman–Crippen MR) is 110 cm³/mol. The molecule has 0 aliphatic rings. The number of fused-ring (bicyclic) bond motifs is 2. The predicted octanol–water partition coefficient (Wildman–Crippen LogP) is 4.73. The quantitative estimate of drug-likeness (QED) is 0.200. The van der Waals surface area contributed by atoms with Crippen LogP contribution in [-0.2, 0) is 13.6 Å². The average Bonchev–Trinajstić information content (AvgIpc) is 2.92. The molecule has 31 heavy (non-hydrogen) atoms. The van der Waals surface area contributed by atoms with Gasteiger partial charge in [0.25, 0.3) is 0 Å². The Morgan fingerprint density at radius 1 is 0.871 bits per heavy atom. The summed E-state index contributed by atoms with van der Waals surface area (Å²) in [6.07, 6.45) is 2.05. The number of benzene rings is 3. The van der Waals surface area contributed by atoms with E-state index in [9.17, 15) is 35.2 Å². The topological polar surface area (TPSA) is 49.3 Å². The number of aryl methyl sites for hydroxylation is 1. The van der Waals surface area contributed by atoms with Crippen molar-refractivity contribution in [3.05, 3.63) is 72.6 Å². The van der Waals surface area contributed by atoms with Gasteiger partial charge >= 0.3 is 40.1 Å². The van der Waals surface area contributed by atoms with Crippen LogP contribution in [0.3, 0.4) is 0 Å². The van der Waals surface area contributed by atoms with Crippen molar-refractivity contribution < 1.29 is 39.8 Å². The van der Waals surface area contributed by atoms with Crippen LogP contribution < -0.4 is 10.0 Å². The molecule has 1 aromatic heterocycles. The molecule has 1 heterocycles. The number of hydrogen-bond donors (Lipinski definition) is 2. The van der Waals surface area contributed by atoms with E-state index in [2.05, 4.69) is 33.4 Å². The van der Waals surface area contributed by atoms with Crippen molar-refractivity contribution in [3.63, 3.8) is 0 Å². The molecule has 0 radical (unpaired) electrons. The monoisotopic (exact) mass is 462 g/mol. The van der Waals surface area contributed by atoms with Crippen LogP contribution in [0.5, 0.6) is 0 Å². The summed E-state index contributed by atoms with van der Waals surface area (Å²) in [7, 11) is -10.1. The first-order valence-corrected chi connectivity index (χ1v) is 11.0. The number of hydrogen-bond acceptors (Lipinski definition) is 2. The van der Waals surface area contributed by atoms with Gasteiger partial charge in [0.1, 0.15) is 6.54 Å². The van der Waals surface area contributed by atoms with Gasteiger partial charge in [0.15, 0.2) is 11.0 Å². The molecule has 0 amide bonds. The Hall–Kier alpha value is -2.62. The molecular weight excluding hydrogens is 444 g/mol. The SMILES string of the molecule is C[n+]1cn(Cc2ccccc2B(O)O)c2cc3ccccc3cc21.F[P-](F)(F)(F)(F)F. The van der Waals surface area contributed by atoms with Crippen LogP contribution in [0.1, 0.15) is 5.56 Å². The van der Waals surface area contributed by atoms with Gasteiger partial charge in [-0.3, -0.25) is 0 Å². The maximum atomic E-state index is 9.87. The van der Waals surface area contributed by atoms with Crippen LogP contribution in [-0.4, -0.2) is 21.7 Å². The molecule has 12 heteroatoms. The van der Waals surface area contributed by atoms with E-state index in [0.717, 1.165) is 16.6 Å². The number of halogens is 6. The summed E-state index contributed by atoms with van der Waals surface area (Å²) in [6, 6.07) is 20.1. The van der Waals surface area contributed by atoms with E-state index in [1.54, 1.807) is 6.07 Å². The molecule has 0 saturated carbocycles. The molecule has 0 atom stereocenters. The van der Waals surface area contributed by atoms with E-state index in [1.807, 2.05) is 43.7 Å². The van der Waals surface area contributed by atoms with Gasteiger partial charge in [-0.2, -0.15) is 0 Å². The molecule has 0 fully saturated rings. The van der Waals surface area contributed by atoms with Crippen molar-refractivity contribution >= 4 is 42.2 Å². The van der Waals surface area contributed by atoms with Crippen molar-refractivity contribution in [2.45, 2.75) is 6.54 Å². The molecule has 3 aromatic carbocycles. The summed E-state index contributed by atoms with van der Waals surface area (Å²) in [5.74, 6) is 0. The molecule has 2 N–H and O–H groups in total. The molecular formula is C19H18BF6N2O2P. The van der Waals surface area contributed by atoms with Gasteiger partial charge in [-0.05, 0) is 33.9 Å². The number of aromatic nitrogens is 2. The molecule has 0 bridgehead atoms. The Morgan fingerprint density at radius 3 is 1.97 bits per heavy atom. The average molecular weight is 462 g/mol. The van der Waals surface area contributed by atoms with E-state index >= 15 is 0 Å². The van der Waals surface area contributed by atoms with Crippen LogP contribution in [0.15, 0.2) is 67.0 Å². The minimum absolute atomic E-state index is 0.544. The number of rotatable bonds is 3. The van der Waals surface area contributed by atoms with Gasteiger partial charge in [0.2, 0.25) is 6.33 Å². The zero-order chi connectivity index (χ0) is 23.1. The standard InChI is InChI=1S/C19H18BN2O2.F6P/c1-21-13-22(12-16-8-4-5-9-17(16)20(23)24)19-11-15-7-3-2-6-14(15)10-18(19)21;1-7(2,3,4,5)6/h2-11,13,23-24H,12H2,1H3;/q+1;-1. The summed E-state index contributed by atoms with van der Waals surface area (Å²) in [5, 5.41) is 21.6. The summed E-state index contributed by atoms with van der Waals surface area (Å²) in [4.78, 5) is 0. The van der Waals surface area contributed by atoms with Crippen molar-refractivity contribution in [1.82, 2.24) is 4.57 Å². The van der Waals surface area contributed by atoms with Crippen molar-refractivity contribution in [1.29, 1.82) is 0 Å². The molecule has 0 aliphatic heterocycles. The second-order valence-electron chi connectivity index (χ2n) is 7.07. The Balaban J connectivity index is 0.000000339. The van der Waals surface area contributed by atoms with Crippen LogP contribution in [0.25, 0.3) is 21.8 Å². The molecule has 4 aromatic rings. The Bertz CT molecular complexity index is 1250. The second kappa shape index (κ2) is 7.22. The fourth-order valence-electron chi connectivity index (χ4n) is 3.30. The van der Waals surface area contributed by atoms with Gasteiger partial charge < -0.3 is 10.0 Å². The Labute approximate surface area is 173 Å². The van der Waals surface area contributed by atoms with Crippen molar-refractivity contribution in [2.24, 2.45) is 7.05 Å². The van der Waals surface area contributed by atoms with Gasteiger partial charge in [-0.1, -0.05) is 48.5 Å². The normalized spacial score (nSPS) is 14.0. The van der Waals surface area contributed by atoms with Gasteiger partial charge in [0, 0.05) is 0 Å². The van der Waals surface area contributed by atoms with E-state index in [1.165, 1.54) is 10.8 Å². The van der Waals surface area contributed by atoms with E-state index in [0.29, 0.717) is 12.0 Å². The van der Waals surface area contributed by atoms with Gasteiger partial charge in [-0.25, -0.2) is 9.13 Å². The first-order chi connectivity index (χ1) is 14.1. The maximum absolute atomic E-state index is 10.7. The van der Waals surface area contributed by atoms with Crippen molar-refractivity contribution in [3.8, 4) is 0 Å². The van der Waals surface area contributed by atoms with Gasteiger partial charge in [0.05, 0.1) is 7.05 Å². The minimum atomic E-state index is -10.7. The first-order valence-electron chi connectivity index (χ1n) is 8.96. The molecule has 4 nitrogen and oxygen atoms in total. The zero-order valence-corrected chi connectivity index (χ0v) is 17.0. The van der Waals surface area contributed by atoms with Crippen molar-refractivity contribution in [2.75, 3.05) is 0 Å². The first kappa shape index (κ1) is 23.1. The Kier molecular flexibility index (Phi) is 5.37. The van der Waals surface area contributed by atoms with Crippen LogP contribution in [0, 0.1) is 0 Å². The summed E-state index contributed by atoms with van der Waals surface area (Å²) >= 11 is 0. The molecule has 0 saturated heterocycles. The Morgan fingerprint density at radius 2 is 1.39 bits per heavy atom. The fourth-order valence-corrected chi connectivity index (χ4v) is 3.30. The molecule has 0 unspecified atom stereocenters. The third-order valence-corrected chi connectivity index (χ3v) is 4.52. The zero-order valence-electron chi connectivity index (χ0n) is 16.1. The molecule has 0 spiro atoms. The van der Waals surface area contributed by atoms with Gasteiger partial charge in [-0.15, -0.1) is 0 Å².